The normalized spacial score (nSPS) is 12.7. The van der Waals surface area contributed by atoms with Crippen LogP contribution in [0.15, 0.2) is 66.7 Å². The quantitative estimate of drug-likeness (QED) is 0.580. The molecule has 0 saturated carbocycles. The van der Waals surface area contributed by atoms with Crippen LogP contribution in [0.1, 0.15) is 29.5 Å². The Labute approximate surface area is 136 Å². The third kappa shape index (κ3) is 2.18. The molecule has 0 bridgehead atoms. The number of benzene rings is 3. The van der Waals surface area contributed by atoms with E-state index in [0.29, 0.717) is 12.4 Å². The second-order valence-corrected chi connectivity index (χ2v) is 5.77. The molecule has 1 N–H and O–H groups in total. The van der Waals surface area contributed by atoms with Gasteiger partial charge >= 0.3 is 0 Å². The number of phenolic OH excluding ortho intramolecular Hbond substituents is 1. The third-order valence-electron chi connectivity index (χ3n) is 4.45. The summed E-state index contributed by atoms with van der Waals surface area (Å²) in [5, 5.41) is 9.97. The molecule has 3 aromatic carbocycles. The van der Waals surface area contributed by atoms with Crippen molar-refractivity contribution < 1.29 is 9.84 Å². The second kappa shape index (κ2) is 5.47. The molecule has 0 spiro atoms. The average molecular weight is 302 g/mol. The van der Waals surface area contributed by atoms with Gasteiger partial charge in [-0.25, -0.2) is 0 Å². The highest BCUT2D eigenvalue weighted by molar-refractivity contribution is 5.80. The van der Waals surface area contributed by atoms with E-state index >= 15 is 0 Å². The van der Waals surface area contributed by atoms with Crippen molar-refractivity contribution in [2.75, 3.05) is 6.61 Å². The van der Waals surface area contributed by atoms with E-state index in [9.17, 15) is 5.11 Å². The SMILES string of the molecule is CCOc1cc(C2c3ccccc3-c3ccccc32)ccc1O. The maximum Gasteiger partial charge on any atom is 0.161 e. The number of ether oxygens (including phenoxy) is 1. The second-order valence-electron chi connectivity index (χ2n) is 5.77. The highest BCUT2D eigenvalue weighted by atomic mass is 16.5. The van der Waals surface area contributed by atoms with Gasteiger partial charge in [0.2, 0.25) is 0 Å². The zero-order valence-electron chi connectivity index (χ0n) is 13.0. The maximum atomic E-state index is 9.97. The molecule has 1 aliphatic carbocycles. The van der Waals surface area contributed by atoms with Gasteiger partial charge in [-0.2, -0.15) is 0 Å². The van der Waals surface area contributed by atoms with Crippen molar-refractivity contribution >= 4 is 0 Å². The van der Waals surface area contributed by atoms with Crippen LogP contribution >= 0.6 is 0 Å². The molecule has 0 amide bonds. The molecule has 0 aliphatic heterocycles. The Bertz CT molecular complexity index is 822. The summed E-state index contributed by atoms with van der Waals surface area (Å²) in [5.74, 6) is 0.921. The molecule has 4 rings (SSSR count). The first kappa shape index (κ1) is 13.9. The van der Waals surface area contributed by atoms with Crippen molar-refractivity contribution in [3.63, 3.8) is 0 Å². The van der Waals surface area contributed by atoms with Crippen molar-refractivity contribution in [3.8, 4) is 22.6 Å². The minimum atomic E-state index is 0.183. The predicted octanol–water partition coefficient (Wildman–Crippen LogP) is 4.95. The van der Waals surface area contributed by atoms with E-state index in [1.165, 1.54) is 22.3 Å². The molecule has 114 valence electrons. The maximum absolute atomic E-state index is 9.97. The van der Waals surface area contributed by atoms with Crippen LogP contribution in [-0.2, 0) is 0 Å². The van der Waals surface area contributed by atoms with Gasteiger partial charge in [-0.3, -0.25) is 0 Å². The van der Waals surface area contributed by atoms with Gasteiger partial charge in [-0.15, -0.1) is 0 Å². The minimum absolute atomic E-state index is 0.183. The van der Waals surface area contributed by atoms with Crippen molar-refractivity contribution in [2.24, 2.45) is 0 Å². The fourth-order valence-corrected chi connectivity index (χ4v) is 3.50. The zero-order chi connectivity index (χ0) is 15.8. The van der Waals surface area contributed by atoms with Gasteiger partial charge in [0.15, 0.2) is 11.5 Å². The summed E-state index contributed by atoms with van der Waals surface area (Å²) < 4.78 is 5.56. The molecular formula is C21H18O2. The summed E-state index contributed by atoms with van der Waals surface area (Å²) >= 11 is 0. The van der Waals surface area contributed by atoms with Crippen molar-refractivity contribution in [2.45, 2.75) is 12.8 Å². The van der Waals surface area contributed by atoms with Crippen LogP contribution in [0.2, 0.25) is 0 Å². The highest BCUT2D eigenvalue weighted by Crippen LogP contribution is 2.48. The highest BCUT2D eigenvalue weighted by Gasteiger charge is 2.29. The van der Waals surface area contributed by atoms with Crippen molar-refractivity contribution in [1.29, 1.82) is 0 Å². The van der Waals surface area contributed by atoms with Crippen LogP contribution in [0.25, 0.3) is 11.1 Å². The summed E-state index contributed by atoms with van der Waals surface area (Å²) in [7, 11) is 0. The number of phenols is 1. The van der Waals surface area contributed by atoms with E-state index in [4.69, 9.17) is 4.74 Å². The summed E-state index contributed by atoms with van der Waals surface area (Å²) in [6.45, 7) is 2.46. The minimum Gasteiger partial charge on any atom is -0.504 e. The smallest absolute Gasteiger partial charge is 0.161 e. The Balaban J connectivity index is 1.91. The van der Waals surface area contributed by atoms with Gasteiger partial charge in [0.25, 0.3) is 0 Å². The fourth-order valence-electron chi connectivity index (χ4n) is 3.50. The third-order valence-corrected chi connectivity index (χ3v) is 4.45. The molecular weight excluding hydrogens is 284 g/mol. The molecule has 0 radical (unpaired) electrons. The number of rotatable bonds is 3. The Morgan fingerprint density at radius 2 is 1.48 bits per heavy atom. The Hall–Kier alpha value is -2.74. The molecule has 0 aromatic heterocycles. The lowest BCUT2D eigenvalue weighted by Gasteiger charge is -2.16. The molecule has 3 aromatic rings. The zero-order valence-corrected chi connectivity index (χ0v) is 13.0. The standard InChI is InChI=1S/C21H18O2/c1-2-23-20-13-14(11-12-19(20)22)21-17-9-5-3-7-15(17)16-8-4-6-10-18(16)21/h3-13,21-22H,2H2,1H3. The van der Waals surface area contributed by atoms with E-state index in [0.717, 1.165) is 5.56 Å². The van der Waals surface area contributed by atoms with Gasteiger partial charge in [0.1, 0.15) is 0 Å². The Kier molecular flexibility index (Phi) is 3.30. The first-order valence-electron chi connectivity index (χ1n) is 7.93. The van der Waals surface area contributed by atoms with Crippen LogP contribution in [-0.4, -0.2) is 11.7 Å². The number of hydrogen-bond acceptors (Lipinski definition) is 2. The van der Waals surface area contributed by atoms with Crippen molar-refractivity contribution in [1.82, 2.24) is 0 Å². The van der Waals surface area contributed by atoms with Crippen LogP contribution in [0, 0.1) is 0 Å². The summed E-state index contributed by atoms with van der Waals surface area (Å²) in [6.07, 6.45) is 0. The molecule has 2 heteroatoms. The lowest BCUT2D eigenvalue weighted by molar-refractivity contribution is 0.317. The first-order chi connectivity index (χ1) is 11.3. The Morgan fingerprint density at radius 3 is 2.09 bits per heavy atom. The van der Waals surface area contributed by atoms with Crippen molar-refractivity contribution in [3.05, 3.63) is 83.4 Å². The van der Waals surface area contributed by atoms with E-state index < -0.39 is 0 Å². The van der Waals surface area contributed by atoms with Gasteiger partial charge < -0.3 is 9.84 Å². The van der Waals surface area contributed by atoms with E-state index in [1.807, 2.05) is 19.1 Å². The topological polar surface area (TPSA) is 29.5 Å². The Morgan fingerprint density at radius 1 is 0.870 bits per heavy atom. The van der Waals surface area contributed by atoms with Crippen LogP contribution in [0.4, 0.5) is 0 Å². The molecule has 0 atom stereocenters. The van der Waals surface area contributed by atoms with Gasteiger partial charge in [-0.1, -0.05) is 54.6 Å². The average Bonchev–Trinajstić information content (AvgIpc) is 2.92. The van der Waals surface area contributed by atoms with Gasteiger partial charge in [0.05, 0.1) is 6.61 Å². The van der Waals surface area contributed by atoms with Crippen LogP contribution in [0.3, 0.4) is 0 Å². The van der Waals surface area contributed by atoms with E-state index in [2.05, 4.69) is 48.5 Å². The molecule has 1 aliphatic rings. The molecule has 0 heterocycles. The lowest BCUT2D eigenvalue weighted by Crippen LogP contribution is -2.00. The monoisotopic (exact) mass is 302 g/mol. The van der Waals surface area contributed by atoms with Gasteiger partial charge in [0, 0.05) is 5.92 Å². The summed E-state index contributed by atoms with van der Waals surface area (Å²) in [6, 6.07) is 22.7. The van der Waals surface area contributed by atoms with Crippen LogP contribution < -0.4 is 4.74 Å². The number of fused-ring (bicyclic) bond motifs is 3. The molecule has 23 heavy (non-hydrogen) atoms. The predicted molar refractivity (Wildman–Crippen MR) is 92.1 cm³/mol. The summed E-state index contributed by atoms with van der Waals surface area (Å²) in [4.78, 5) is 0. The van der Waals surface area contributed by atoms with E-state index in [-0.39, 0.29) is 11.7 Å². The first-order valence-corrected chi connectivity index (χ1v) is 7.93. The lowest BCUT2D eigenvalue weighted by atomic mass is 9.89. The molecule has 2 nitrogen and oxygen atoms in total. The summed E-state index contributed by atoms with van der Waals surface area (Å²) in [5.41, 5.74) is 6.34. The largest absolute Gasteiger partial charge is 0.504 e. The fraction of sp³-hybridized carbons (Fsp3) is 0.143. The number of hydrogen-bond donors (Lipinski definition) is 1. The van der Waals surface area contributed by atoms with Gasteiger partial charge in [-0.05, 0) is 46.9 Å². The van der Waals surface area contributed by atoms with E-state index in [1.54, 1.807) is 6.07 Å². The number of aromatic hydroxyl groups is 1. The molecule has 0 saturated heterocycles. The molecule has 0 fully saturated rings. The van der Waals surface area contributed by atoms with Crippen LogP contribution in [0.5, 0.6) is 11.5 Å². The molecule has 0 unspecified atom stereocenters.